The minimum absolute atomic E-state index is 0.150. The van der Waals surface area contributed by atoms with E-state index in [4.69, 9.17) is 16.3 Å². The molecule has 0 radical (unpaired) electrons. The lowest BCUT2D eigenvalue weighted by atomic mass is 10.1. The molecular formula is C17H16ClN3O3. The van der Waals surface area contributed by atoms with Crippen LogP contribution in [0, 0.1) is 0 Å². The van der Waals surface area contributed by atoms with Crippen LogP contribution in [0.5, 0.6) is 5.75 Å². The monoisotopic (exact) mass is 345 g/mol. The molecule has 0 spiro atoms. The van der Waals surface area contributed by atoms with E-state index < -0.39 is 0 Å². The number of nitrogens with one attached hydrogen (secondary N) is 2. The predicted molar refractivity (Wildman–Crippen MR) is 95.1 cm³/mol. The zero-order valence-corrected chi connectivity index (χ0v) is 14.0. The van der Waals surface area contributed by atoms with E-state index in [0.29, 0.717) is 27.5 Å². The Bertz CT molecular complexity index is 1020. The molecule has 2 aromatic heterocycles. The molecule has 2 N–H and O–H groups in total. The molecule has 0 amide bonds. The summed E-state index contributed by atoms with van der Waals surface area (Å²) in [4.78, 5) is 27.0. The van der Waals surface area contributed by atoms with E-state index in [-0.39, 0.29) is 17.7 Å². The maximum Gasteiger partial charge on any atom is 0.273 e. The number of H-pyrrole nitrogens is 1. The number of halogens is 1. The third-order valence-corrected chi connectivity index (χ3v) is 4.08. The molecule has 0 saturated heterocycles. The van der Waals surface area contributed by atoms with Crippen LogP contribution in [0.2, 0.25) is 5.02 Å². The molecule has 3 aromatic rings. The number of aromatic nitrogens is 2. The van der Waals surface area contributed by atoms with E-state index in [1.54, 1.807) is 43.6 Å². The highest BCUT2D eigenvalue weighted by Gasteiger charge is 2.08. The zero-order valence-electron chi connectivity index (χ0n) is 13.2. The van der Waals surface area contributed by atoms with Crippen LogP contribution < -0.4 is 21.2 Å². The highest BCUT2D eigenvalue weighted by Crippen LogP contribution is 2.28. The van der Waals surface area contributed by atoms with Gasteiger partial charge >= 0.3 is 0 Å². The van der Waals surface area contributed by atoms with Gasteiger partial charge in [0.2, 0.25) is 0 Å². The highest BCUT2D eigenvalue weighted by atomic mass is 35.5. The van der Waals surface area contributed by atoms with Gasteiger partial charge in [-0.1, -0.05) is 11.6 Å². The molecule has 24 heavy (non-hydrogen) atoms. The van der Waals surface area contributed by atoms with Gasteiger partial charge in [0, 0.05) is 36.8 Å². The Morgan fingerprint density at radius 2 is 2.08 bits per heavy atom. The van der Waals surface area contributed by atoms with Crippen molar-refractivity contribution in [3.8, 4) is 5.75 Å². The first kappa shape index (κ1) is 16.1. The summed E-state index contributed by atoms with van der Waals surface area (Å²) >= 11 is 6.13. The van der Waals surface area contributed by atoms with Crippen molar-refractivity contribution >= 4 is 28.2 Å². The Kier molecular flexibility index (Phi) is 4.31. The van der Waals surface area contributed by atoms with E-state index in [1.165, 1.54) is 11.7 Å². The number of anilines is 1. The molecule has 7 heteroatoms. The van der Waals surface area contributed by atoms with Gasteiger partial charge in [0.1, 0.15) is 11.4 Å². The molecule has 0 atom stereocenters. The fraction of sp³-hybridized carbons (Fsp3) is 0.176. The van der Waals surface area contributed by atoms with Gasteiger partial charge in [-0.05, 0) is 24.3 Å². The SMILES string of the molecule is COc1cc2[nH]c(=O)c(CNc3cccn(C)c3=O)cc2cc1Cl. The van der Waals surface area contributed by atoms with Crippen molar-refractivity contribution in [3.63, 3.8) is 0 Å². The first-order chi connectivity index (χ1) is 11.5. The molecule has 0 aliphatic heterocycles. The number of methoxy groups -OCH3 is 1. The molecular weight excluding hydrogens is 330 g/mol. The first-order valence-electron chi connectivity index (χ1n) is 7.28. The fourth-order valence-corrected chi connectivity index (χ4v) is 2.71. The predicted octanol–water partition coefficient (Wildman–Crippen LogP) is 2.50. The minimum atomic E-state index is -0.230. The van der Waals surface area contributed by atoms with E-state index >= 15 is 0 Å². The van der Waals surface area contributed by atoms with E-state index in [0.717, 1.165) is 5.39 Å². The van der Waals surface area contributed by atoms with E-state index in [1.807, 2.05) is 0 Å². The number of pyridine rings is 2. The molecule has 124 valence electrons. The summed E-state index contributed by atoms with van der Waals surface area (Å²) in [7, 11) is 3.19. The van der Waals surface area contributed by atoms with Crippen LogP contribution in [-0.4, -0.2) is 16.7 Å². The van der Waals surface area contributed by atoms with E-state index in [9.17, 15) is 9.59 Å². The van der Waals surface area contributed by atoms with Gasteiger partial charge in [0.15, 0.2) is 0 Å². The number of hydrogen-bond acceptors (Lipinski definition) is 4. The van der Waals surface area contributed by atoms with Crippen LogP contribution in [0.3, 0.4) is 0 Å². The number of hydrogen-bond donors (Lipinski definition) is 2. The van der Waals surface area contributed by atoms with Gasteiger partial charge in [-0.2, -0.15) is 0 Å². The smallest absolute Gasteiger partial charge is 0.273 e. The van der Waals surface area contributed by atoms with Gasteiger partial charge in [-0.3, -0.25) is 9.59 Å². The number of rotatable bonds is 4. The van der Waals surface area contributed by atoms with Crippen LogP contribution in [0.25, 0.3) is 10.9 Å². The Hall–Kier alpha value is -2.73. The standard InChI is InChI=1S/C17H16ClN3O3/c1-21-5-3-4-13(17(21)23)19-9-11-6-10-7-12(18)15(24-2)8-14(10)20-16(11)22/h3-8,19H,9H2,1-2H3,(H,20,22). The summed E-state index contributed by atoms with van der Waals surface area (Å²) in [6, 6.07) is 8.61. The van der Waals surface area contributed by atoms with Crippen molar-refractivity contribution < 1.29 is 4.74 Å². The Labute approximate surface area is 142 Å². The maximum atomic E-state index is 12.2. The summed E-state index contributed by atoms with van der Waals surface area (Å²) < 4.78 is 6.62. The van der Waals surface area contributed by atoms with Crippen molar-refractivity contribution in [1.82, 2.24) is 9.55 Å². The van der Waals surface area contributed by atoms with Gasteiger partial charge in [-0.25, -0.2) is 0 Å². The summed E-state index contributed by atoms with van der Waals surface area (Å²) in [5, 5.41) is 4.26. The van der Waals surface area contributed by atoms with E-state index in [2.05, 4.69) is 10.3 Å². The van der Waals surface area contributed by atoms with Crippen LogP contribution in [0.1, 0.15) is 5.56 Å². The third-order valence-electron chi connectivity index (χ3n) is 3.79. The number of nitrogens with zero attached hydrogens (tertiary/aromatic N) is 1. The second-order valence-electron chi connectivity index (χ2n) is 5.39. The molecule has 6 nitrogen and oxygen atoms in total. The summed E-state index contributed by atoms with van der Waals surface area (Å²) in [6.45, 7) is 0.230. The number of ether oxygens (including phenoxy) is 1. The van der Waals surface area contributed by atoms with Crippen LogP contribution >= 0.6 is 11.6 Å². The van der Waals surface area contributed by atoms with Crippen molar-refractivity contribution in [2.75, 3.05) is 12.4 Å². The second kappa shape index (κ2) is 6.41. The Morgan fingerprint density at radius 3 is 2.83 bits per heavy atom. The summed E-state index contributed by atoms with van der Waals surface area (Å²) in [5.74, 6) is 0.499. The van der Waals surface area contributed by atoms with Crippen molar-refractivity contribution in [2.45, 2.75) is 6.54 Å². The van der Waals surface area contributed by atoms with Gasteiger partial charge in [0.25, 0.3) is 11.1 Å². The van der Waals surface area contributed by atoms with Gasteiger partial charge in [-0.15, -0.1) is 0 Å². The molecule has 0 fully saturated rings. The molecule has 0 aliphatic rings. The van der Waals surface area contributed by atoms with Crippen LogP contribution in [0.15, 0.2) is 46.1 Å². The lowest BCUT2D eigenvalue weighted by Crippen LogP contribution is -2.22. The average Bonchev–Trinajstić information content (AvgIpc) is 2.56. The topological polar surface area (TPSA) is 76.1 Å². The molecule has 0 unspecified atom stereocenters. The van der Waals surface area contributed by atoms with Gasteiger partial charge in [0.05, 0.1) is 17.6 Å². The first-order valence-corrected chi connectivity index (χ1v) is 7.66. The van der Waals surface area contributed by atoms with Crippen molar-refractivity contribution in [2.24, 2.45) is 7.05 Å². The minimum Gasteiger partial charge on any atom is -0.495 e. The number of aromatic amines is 1. The number of fused-ring (bicyclic) bond motifs is 1. The van der Waals surface area contributed by atoms with Crippen molar-refractivity contribution in [3.05, 3.63) is 67.8 Å². The molecule has 0 aliphatic carbocycles. The molecule has 3 rings (SSSR count). The second-order valence-corrected chi connectivity index (χ2v) is 5.80. The number of benzene rings is 1. The fourth-order valence-electron chi connectivity index (χ4n) is 2.46. The van der Waals surface area contributed by atoms with Crippen molar-refractivity contribution in [1.29, 1.82) is 0 Å². The normalized spacial score (nSPS) is 10.8. The third kappa shape index (κ3) is 3.00. The highest BCUT2D eigenvalue weighted by molar-refractivity contribution is 6.32. The zero-order chi connectivity index (χ0) is 17.3. The molecule has 0 saturated carbocycles. The largest absolute Gasteiger partial charge is 0.495 e. The molecule has 0 bridgehead atoms. The van der Waals surface area contributed by atoms with Crippen LogP contribution in [0.4, 0.5) is 5.69 Å². The Balaban J connectivity index is 1.95. The van der Waals surface area contributed by atoms with Gasteiger partial charge < -0.3 is 19.6 Å². The summed E-state index contributed by atoms with van der Waals surface area (Å²) in [6.07, 6.45) is 1.67. The maximum absolute atomic E-state index is 12.2. The average molecular weight is 346 g/mol. The quantitative estimate of drug-likeness (QED) is 0.761. The Morgan fingerprint density at radius 1 is 1.29 bits per heavy atom. The molecule has 2 heterocycles. The lowest BCUT2D eigenvalue weighted by molar-refractivity contribution is 0.415. The lowest BCUT2D eigenvalue weighted by Gasteiger charge is -2.09. The summed E-state index contributed by atoms with van der Waals surface area (Å²) in [5.41, 5.74) is 1.21. The number of aryl methyl sites for hydroxylation is 1. The van der Waals surface area contributed by atoms with Crippen LogP contribution in [-0.2, 0) is 13.6 Å². The molecule has 1 aromatic carbocycles.